The van der Waals surface area contributed by atoms with Crippen LogP contribution in [0.5, 0.6) is 0 Å². The molecule has 0 saturated heterocycles. The van der Waals surface area contributed by atoms with Crippen LogP contribution in [0.15, 0.2) is 0 Å². The Morgan fingerprint density at radius 2 is 1.61 bits per heavy atom. The first-order valence-electron chi connectivity index (χ1n) is 14.5. The van der Waals surface area contributed by atoms with E-state index >= 15 is 0 Å². The monoisotopic (exact) mass is 562 g/mol. The zero-order chi connectivity index (χ0) is 28.4. The first kappa shape index (κ1) is 30.6. The molecule has 4 aliphatic carbocycles. The lowest BCUT2D eigenvalue weighted by Crippen LogP contribution is -2.69. The maximum Gasteiger partial charge on any atom is 0.397 e. The second kappa shape index (κ2) is 10.5. The van der Waals surface area contributed by atoms with Gasteiger partial charge >= 0.3 is 10.4 Å². The van der Waals surface area contributed by atoms with Crippen LogP contribution >= 0.6 is 0 Å². The van der Waals surface area contributed by atoms with Crippen LogP contribution in [0, 0.1) is 52.3 Å². The van der Waals surface area contributed by atoms with E-state index in [2.05, 4.69) is 18.0 Å². The summed E-state index contributed by atoms with van der Waals surface area (Å²) in [6.45, 7) is 10.2. The van der Waals surface area contributed by atoms with Crippen molar-refractivity contribution in [2.75, 3.05) is 6.61 Å². The van der Waals surface area contributed by atoms with Gasteiger partial charge in [-0.15, -0.1) is 0 Å². The SMILES string of the molecule is C[C@H](CC[C@@H](C)[C@H](C)COS(=O)(=O)O)[C@H]1[C@@H](O)C(O)C2C3C[C@@H](O)[C@@]4(O)C[C@@H](O)CC[C@]4(C)C3CC[C@@]21C. The molecule has 14 atom stereocenters. The van der Waals surface area contributed by atoms with Gasteiger partial charge in [0.15, 0.2) is 0 Å². The van der Waals surface area contributed by atoms with Crippen LogP contribution in [0.3, 0.4) is 0 Å². The van der Waals surface area contributed by atoms with E-state index in [-0.39, 0.29) is 59.9 Å². The van der Waals surface area contributed by atoms with Gasteiger partial charge < -0.3 is 25.5 Å². The molecule has 38 heavy (non-hydrogen) atoms. The molecule has 4 saturated carbocycles. The van der Waals surface area contributed by atoms with E-state index in [0.717, 1.165) is 25.7 Å². The van der Waals surface area contributed by atoms with Crippen molar-refractivity contribution in [1.29, 1.82) is 0 Å². The number of fused-ring (bicyclic) bond motifs is 5. The smallest absolute Gasteiger partial charge is 0.393 e. The fraction of sp³-hybridized carbons (Fsp3) is 1.00. The lowest BCUT2D eigenvalue weighted by atomic mass is 9.42. The average Bonchev–Trinajstić information content (AvgIpc) is 3.02. The predicted octanol–water partition coefficient (Wildman–Crippen LogP) is 2.54. The van der Waals surface area contributed by atoms with Crippen LogP contribution in [0.25, 0.3) is 0 Å². The molecule has 0 aliphatic heterocycles. The van der Waals surface area contributed by atoms with E-state index in [1.54, 1.807) is 0 Å². The fourth-order valence-electron chi connectivity index (χ4n) is 9.72. The van der Waals surface area contributed by atoms with Gasteiger partial charge in [0.1, 0.15) is 0 Å². The normalized spacial score (nSPS) is 49.4. The first-order chi connectivity index (χ1) is 17.5. The van der Waals surface area contributed by atoms with Crippen molar-refractivity contribution in [3.05, 3.63) is 0 Å². The largest absolute Gasteiger partial charge is 0.397 e. The average molecular weight is 563 g/mol. The Morgan fingerprint density at radius 3 is 2.24 bits per heavy atom. The summed E-state index contributed by atoms with van der Waals surface area (Å²) in [5, 5.41) is 56.1. The minimum atomic E-state index is -4.47. The molecule has 222 valence electrons. The number of aliphatic hydroxyl groups is 5. The Hall–Kier alpha value is -0.330. The number of aliphatic hydroxyl groups excluding tert-OH is 4. The Kier molecular flexibility index (Phi) is 8.46. The summed E-state index contributed by atoms with van der Waals surface area (Å²) in [4.78, 5) is 0. The third kappa shape index (κ3) is 4.99. The molecule has 0 heterocycles. The van der Waals surface area contributed by atoms with E-state index in [0.29, 0.717) is 19.3 Å². The number of hydrogen-bond acceptors (Lipinski definition) is 8. The lowest BCUT2D eigenvalue weighted by molar-refractivity contribution is -0.268. The summed E-state index contributed by atoms with van der Waals surface area (Å²) in [6, 6.07) is 0. The van der Waals surface area contributed by atoms with Crippen LogP contribution < -0.4 is 0 Å². The molecule has 0 spiro atoms. The molecule has 4 unspecified atom stereocenters. The Bertz CT molecular complexity index is 960. The summed E-state index contributed by atoms with van der Waals surface area (Å²) in [7, 11) is -4.47. The summed E-state index contributed by atoms with van der Waals surface area (Å²) in [5.41, 5.74) is -2.22. The zero-order valence-corrected chi connectivity index (χ0v) is 24.3. The van der Waals surface area contributed by atoms with Crippen molar-refractivity contribution >= 4 is 10.4 Å². The molecule has 4 rings (SSSR count). The van der Waals surface area contributed by atoms with Gasteiger partial charge in [-0.3, -0.25) is 4.55 Å². The predicted molar refractivity (Wildman–Crippen MR) is 141 cm³/mol. The molecule has 0 radical (unpaired) electrons. The van der Waals surface area contributed by atoms with E-state index in [4.69, 9.17) is 4.55 Å². The van der Waals surface area contributed by atoms with Gasteiger partial charge in [0, 0.05) is 11.8 Å². The number of hydrogen-bond donors (Lipinski definition) is 6. The standard InChI is InChI=1S/C28H50O9S/c1-15(17(3)14-37-38(34,35)36)6-7-16(2)22-24(31)25(32)23-19-12-21(30)28(33)13-18(29)8-11-27(28,5)20(19)9-10-26(22,23)4/h15-25,29-33H,6-14H2,1-5H3,(H,34,35,36)/t15-,16-,17-,18+,19?,20?,21-,22+,23?,24-,25?,26-,27-,28+/m1/s1. The minimum absolute atomic E-state index is 0.0253. The third-order valence-corrected chi connectivity index (χ3v) is 12.6. The maximum absolute atomic E-state index is 11.7. The summed E-state index contributed by atoms with van der Waals surface area (Å²) in [6.07, 6.45) is 1.60. The number of rotatable bonds is 8. The van der Waals surface area contributed by atoms with Gasteiger partial charge in [0.25, 0.3) is 0 Å². The van der Waals surface area contributed by atoms with Gasteiger partial charge in [0.05, 0.1) is 36.6 Å². The lowest BCUT2D eigenvalue weighted by Gasteiger charge is -2.65. The first-order valence-corrected chi connectivity index (χ1v) is 15.9. The highest BCUT2D eigenvalue weighted by molar-refractivity contribution is 7.80. The second-order valence-corrected chi connectivity index (χ2v) is 15.2. The second-order valence-electron chi connectivity index (χ2n) is 14.1. The summed E-state index contributed by atoms with van der Waals surface area (Å²) < 4.78 is 35.3. The molecule has 0 aromatic carbocycles. The van der Waals surface area contributed by atoms with Crippen molar-refractivity contribution in [1.82, 2.24) is 0 Å². The van der Waals surface area contributed by atoms with Crippen LogP contribution in [0.4, 0.5) is 0 Å². The van der Waals surface area contributed by atoms with E-state index in [9.17, 15) is 34.0 Å². The molecule has 6 N–H and O–H groups in total. The van der Waals surface area contributed by atoms with Crippen LogP contribution in [-0.4, -0.2) is 75.1 Å². The van der Waals surface area contributed by atoms with Crippen molar-refractivity contribution < 1.29 is 42.7 Å². The van der Waals surface area contributed by atoms with Gasteiger partial charge in [-0.1, -0.05) is 47.5 Å². The summed E-state index contributed by atoms with van der Waals surface area (Å²) in [5.74, 6) is -0.0862. The molecule has 10 heteroatoms. The van der Waals surface area contributed by atoms with Crippen molar-refractivity contribution in [3.63, 3.8) is 0 Å². The van der Waals surface area contributed by atoms with Gasteiger partial charge in [-0.2, -0.15) is 8.42 Å². The molecule has 0 aromatic rings. The minimum Gasteiger partial charge on any atom is -0.393 e. The van der Waals surface area contributed by atoms with Gasteiger partial charge in [0.2, 0.25) is 0 Å². The maximum atomic E-state index is 11.7. The molecular weight excluding hydrogens is 512 g/mol. The van der Waals surface area contributed by atoms with Crippen molar-refractivity contribution in [2.45, 2.75) is 116 Å². The van der Waals surface area contributed by atoms with Crippen LogP contribution in [0.1, 0.15) is 86.0 Å². The van der Waals surface area contributed by atoms with E-state index < -0.39 is 45.8 Å². The quantitative estimate of drug-likeness (QED) is 0.244. The molecule has 4 aliphatic rings. The van der Waals surface area contributed by atoms with E-state index in [1.807, 2.05) is 20.8 Å². The molecule has 0 aromatic heterocycles. The van der Waals surface area contributed by atoms with Crippen molar-refractivity contribution in [2.24, 2.45) is 52.3 Å². The van der Waals surface area contributed by atoms with Gasteiger partial charge in [-0.05, 0) is 78.9 Å². The molecule has 9 nitrogen and oxygen atoms in total. The highest BCUT2D eigenvalue weighted by Crippen LogP contribution is 2.69. The Balaban J connectivity index is 1.50. The highest BCUT2D eigenvalue weighted by atomic mass is 32.3. The fourth-order valence-corrected chi connectivity index (χ4v) is 10.1. The van der Waals surface area contributed by atoms with Crippen molar-refractivity contribution in [3.8, 4) is 0 Å². The van der Waals surface area contributed by atoms with Crippen LogP contribution in [-0.2, 0) is 14.6 Å². The summed E-state index contributed by atoms with van der Waals surface area (Å²) >= 11 is 0. The van der Waals surface area contributed by atoms with E-state index in [1.165, 1.54) is 0 Å². The molecule has 0 amide bonds. The molecule has 4 fully saturated rings. The highest BCUT2D eigenvalue weighted by Gasteiger charge is 2.70. The van der Waals surface area contributed by atoms with Gasteiger partial charge in [-0.25, -0.2) is 4.18 Å². The topological polar surface area (TPSA) is 165 Å². The Labute approximate surface area is 227 Å². The zero-order valence-electron chi connectivity index (χ0n) is 23.5. The molecular formula is C28H50O9S. The molecule has 0 bridgehead atoms. The Morgan fingerprint density at radius 1 is 0.947 bits per heavy atom. The third-order valence-electron chi connectivity index (χ3n) is 12.1. The van der Waals surface area contributed by atoms with Crippen LogP contribution in [0.2, 0.25) is 0 Å².